The van der Waals surface area contributed by atoms with Crippen LogP contribution in [0.3, 0.4) is 0 Å². The monoisotopic (exact) mass is 236 g/mol. The third kappa shape index (κ3) is 2.58. The minimum absolute atomic E-state index is 0.249. The molecule has 17 heavy (non-hydrogen) atoms. The molecule has 4 nitrogen and oxygen atoms in total. The van der Waals surface area contributed by atoms with Gasteiger partial charge >= 0.3 is 5.97 Å². The Hall–Kier alpha value is -1.55. The molecule has 1 aromatic carbocycles. The second-order valence-corrected chi connectivity index (χ2v) is 4.65. The zero-order valence-electron chi connectivity index (χ0n) is 9.77. The van der Waals surface area contributed by atoms with E-state index in [1.807, 2.05) is 18.2 Å². The van der Waals surface area contributed by atoms with Gasteiger partial charge in [0.1, 0.15) is 12.4 Å². The fourth-order valence-corrected chi connectivity index (χ4v) is 1.92. The van der Waals surface area contributed by atoms with Gasteiger partial charge in [-0.3, -0.25) is 0 Å². The van der Waals surface area contributed by atoms with E-state index in [1.54, 1.807) is 0 Å². The molecule has 0 fully saturated rings. The Kier molecular flexibility index (Phi) is 3.07. The molecule has 0 amide bonds. The van der Waals surface area contributed by atoms with E-state index in [0.29, 0.717) is 5.75 Å². The fraction of sp³-hybridized carbons (Fsp3) is 0.462. The van der Waals surface area contributed by atoms with Gasteiger partial charge in [-0.15, -0.1) is 0 Å². The largest absolute Gasteiger partial charge is 0.490 e. The lowest BCUT2D eigenvalue weighted by Crippen LogP contribution is -2.41. The van der Waals surface area contributed by atoms with Crippen LogP contribution >= 0.6 is 0 Å². The first-order chi connectivity index (χ1) is 7.99. The van der Waals surface area contributed by atoms with Gasteiger partial charge in [0.25, 0.3) is 0 Å². The summed E-state index contributed by atoms with van der Waals surface area (Å²) in [4.78, 5) is 10.7. The minimum Gasteiger partial charge on any atom is -0.490 e. The predicted molar refractivity (Wildman–Crippen MR) is 62.2 cm³/mol. The zero-order chi connectivity index (χ0) is 12.5. The van der Waals surface area contributed by atoms with Crippen LogP contribution < -0.4 is 4.74 Å². The lowest BCUT2D eigenvalue weighted by molar-refractivity contribution is -0.159. The van der Waals surface area contributed by atoms with Gasteiger partial charge < -0.3 is 14.9 Å². The molecule has 1 aliphatic rings. The summed E-state index contributed by atoms with van der Waals surface area (Å²) < 4.78 is 5.33. The molecule has 1 aliphatic carbocycles. The van der Waals surface area contributed by atoms with Crippen LogP contribution in [0.5, 0.6) is 5.75 Å². The summed E-state index contributed by atoms with van der Waals surface area (Å²) in [7, 11) is 0. The highest BCUT2D eigenvalue weighted by Crippen LogP contribution is 2.26. The van der Waals surface area contributed by atoms with Crippen LogP contribution in [0.25, 0.3) is 0 Å². The van der Waals surface area contributed by atoms with Gasteiger partial charge in [0, 0.05) is 0 Å². The van der Waals surface area contributed by atoms with Gasteiger partial charge in [-0.2, -0.15) is 0 Å². The van der Waals surface area contributed by atoms with E-state index in [4.69, 9.17) is 9.84 Å². The molecule has 2 rings (SSSR count). The highest BCUT2D eigenvalue weighted by molar-refractivity contribution is 5.76. The maximum Gasteiger partial charge on any atom is 0.339 e. The minimum atomic E-state index is -1.85. The Balaban J connectivity index is 2.03. The van der Waals surface area contributed by atoms with Crippen LogP contribution in [-0.2, 0) is 17.6 Å². The maximum absolute atomic E-state index is 10.7. The summed E-state index contributed by atoms with van der Waals surface area (Å²) in [5.74, 6) is -0.661. The van der Waals surface area contributed by atoms with Crippen LogP contribution in [0, 0.1) is 0 Å². The van der Waals surface area contributed by atoms with Crippen LogP contribution in [0.1, 0.15) is 24.5 Å². The van der Waals surface area contributed by atoms with Crippen molar-refractivity contribution in [2.24, 2.45) is 0 Å². The van der Waals surface area contributed by atoms with Gasteiger partial charge in [-0.1, -0.05) is 6.07 Å². The number of benzene rings is 1. The molecule has 2 N–H and O–H groups in total. The normalized spacial score (nSPS) is 17.3. The van der Waals surface area contributed by atoms with Crippen molar-refractivity contribution in [3.05, 3.63) is 29.3 Å². The Morgan fingerprint density at radius 2 is 2.12 bits per heavy atom. The smallest absolute Gasteiger partial charge is 0.339 e. The van der Waals surface area contributed by atoms with Crippen molar-refractivity contribution in [1.82, 2.24) is 0 Å². The van der Waals surface area contributed by atoms with Gasteiger partial charge in [-0.05, 0) is 49.4 Å². The second kappa shape index (κ2) is 4.37. The number of hydrogen-bond donors (Lipinski definition) is 2. The first kappa shape index (κ1) is 11.9. The van der Waals surface area contributed by atoms with E-state index in [9.17, 15) is 9.90 Å². The highest BCUT2D eigenvalue weighted by atomic mass is 16.5. The molecule has 92 valence electrons. The number of ether oxygens (including phenoxy) is 1. The molecule has 0 saturated heterocycles. The summed E-state index contributed by atoms with van der Waals surface area (Å²) in [6.45, 7) is 0.976. The molecule has 0 saturated carbocycles. The third-order valence-electron chi connectivity index (χ3n) is 3.05. The van der Waals surface area contributed by atoms with Crippen LogP contribution in [0.4, 0.5) is 0 Å². The predicted octanol–water partition coefficient (Wildman–Crippen LogP) is 1.39. The van der Waals surface area contributed by atoms with E-state index in [1.165, 1.54) is 18.1 Å². The van der Waals surface area contributed by atoms with Crippen LogP contribution in [0.2, 0.25) is 0 Å². The lowest BCUT2D eigenvalue weighted by atomic mass is 10.1. The Labute approximate surface area is 99.8 Å². The summed E-state index contributed by atoms with van der Waals surface area (Å²) in [6, 6.07) is 5.76. The maximum atomic E-state index is 10.7. The first-order valence-electron chi connectivity index (χ1n) is 5.69. The topological polar surface area (TPSA) is 66.8 Å². The van der Waals surface area contributed by atoms with Gasteiger partial charge in [0.2, 0.25) is 0 Å². The first-order valence-corrected chi connectivity index (χ1v) is 5.69. The average molecular weight is 236 g/mol. The molecule has 4 heteroatoms. The molecule has 1 aromatic rings. The van der Waals surface area contributed by atoms with Crippen LogP contribution in [-0.4, -0.2) is 28.4 Å². The van der Waals surface area contributed by atoms with Crippen molar-refractivity contribution < 1.29 is 19.7 Å². The van der Waals surface area contributed by atoms with Crippen molar-refractivity contribution in [3.63, 3.8) is 0 Å². The van der Waals surface area contributed by atoms with Gasteiger partial charge in [-0.25, -0.2) is 4.79 Å². The Bertz CT molecular complexity index is 437. The molecule has 0 aromatic heterocycles. The molecule has 0 spiro atoms. The van der Waals surface area contributed by atoms with Crippen molar-refractivity contribution in [1.29, 1.82) is 0 Å². The van der Waals surface area contributed by atoms with Crippen molar-refractivity contribution >= 4 is 5.97 Å². The molecular formula is C13H16O4. The number of carbonyl (C=O) groups is 1. The molecular weight excluding hydrogens is 220 g/mol. The molecule has 0 radical (unpaired) electrons. The summed E-state index contributed by atoms with van der Waals surface area (Å²) >= 11 is 0. The van der Waals surface area contributed by atoms with E-state index in [-0.39, 0.29) is 6.61 Å². The summed E-state index contributed by atoms with van der Waals surface area (Å²) in [5, 5.41) is 18.3. The highest BCUT2D eigenvalue weighted by Gasteiger charge is 2.31. The molecule has 0 aliphatic heterocycles. The Morgan fingerprint density at radius 1 is 1.41 bits per heavy atom. The molecule has 0 heterocycles. The number of aliphatic carboxylic acids is 1. The van der Waals surface area contributed by atoms with Crippen molar-refractivity contribution in [2.45, 2.75) is 31.8 Å². The number of aryl methyl sites for hydroxylation is 2. The molecule has 0 bridgehead atoms. The fourth-order valence-electron chi connectivity index (χ4n) is 1.92. The van der Waals surface area contributed by atoms with E-state index < -0.39 is 11.6 Å². The number of carboxylic acids is 1. The van der Waals surface area contributed by atoms with Crippen molar-refractivity contribution in [3.8, 4) is 5.75 Å². The SMILES string of the molecule is CC(O)(COc1ccc2c(c1)CCC2)C(=O)O. The van der Waals surface area contributed by atoms with E-state index in [0.717, 1.165) is 19.3 Å². The zero-order valence-corrected chi connectivity index (χ0v) is 9.77. The van der Waals surface area contributed by atoms with Gasteiger partial charge in [0.05, 0.1) is 0 Å². The number of rotatable bonds is 4. The lowest BCUT2D eigenvalue weighted by Gasteiger charge is -2.18. The van der Waals surface area contributed by atoms with E-state index >= 15 is 0 Å². The van der Waals surface area contributed by atoms with Crippen molar-refractivity contribution in [2.75, 3.05) is 6.61 Å². The summed E-state index contributed by atoms with van der Waals surface area (Å²) in [6.07, 6.45) is 3.30. The summed E-state index contributed by atoms with van der Waals surface area (Å²) in [5.41, 5.74) is 0.749. The number of hydrogen-bond acceptors (Lipinski definition) is 3. The molecule has 1 atom stereocenters. The third-order valence-corrected chi connectivity index (χ3v) is 3.05. The number of carboxylic acid groups (broad SMARTS) is 1. The van der Waals surface area contributed by atoms with Gasteiger partial charge in [0.15, 0.2) is 5.60 Å². The molecule has 1 unspecified atom stereocenters. The number of fused-ring (bicyclic) bond motifs is 1. The second-order valence-electron chi connectivity index (χ2n) is 4.65. The standard InChI is InChI=1S/C13H16O4/c1-13(16,12(14)15)8-17-11-6-5-9-3-2-4-10(9)7-11/h5-7,16H,2-4,8H2,1H3,(H,14,15). The average Bonchev–Trinajstić information content (AvgIpc) is 2.73. The number of aliphatic hydroxyl groups is 1. The van der Waals surface area contributed by atoms with E-state index in [2.05, 4.69) is 0 Å². The van der Waals surface area contributed by atoms with Crippen LogP contribution in [0.15, 0.2) is 18.2 Å². The Morgan fingerprint density at radius 3 is 2.82 bits per heavy atom. The quantitative estimate of drug-likeness (QED) is 0.829.